The number of rotatable bonds is 3. The average molecular weight is 330 g/mol. The first-order chi connectivity index (χ1) is 12.2. The fourth-order valence-electron chi connectivity index (χ4n) is 2.56. The molecule has 7 nitrogen and oxygen atoms in total. The summed E-state index contributed by atoms with van der Waals surface area (Å²) in [5.74, 6) is 0.290. The zero-order valence-electron chi connectivity index (χ0n) is 13.4. The van der Waals surface area contributed by atoms with Gasteiger partial charge in [-0.3, -0.25) is 9.78 Å². The minimum atomic E-state index is -0.229. The zero-order chi connectivity index (χ0) is 17.2. The highest BCUT2D eigenvalue weighted by Gasteiger charge is 2.04. The Balaban J connectivity index is 1.71. The van der Waals surface area contributed by atoms with Crippen LogP contribution in [0.25, 0.3) is 22.1 Å². The van der Waals surface area contributed by atoms with Crippen molar-refractivity contribution in [2.75, 3.05) is 5.43 Å². The molecule has 0 amide bonds. The molecule has 0 saturated carbocycles. The SMILES string of the molecule is Cc1cc(=O)[nH]c(NN=Cc2cccc3nc4ccccc4nc23)n1. The molecule has 0 unspecified atom stereocenters. The lowest BCUT2D eigenvalue weighted by Gasteiger charge is -2.04. The van der Waals surface area contributed by atoms with Crippen molar-refractivity contribution < 1.29 is 0 Å². The number of nitrogens with zero attached hydrogens (tertiary/aromatic N) is 4. The van der Waals surface area contributed by atoms with Crippen LogP contribution in [0.5, 0.6) is 0 Å². The van der Waals surface area contributed by atoms with Crippen LogP contribution in [-0.2, 0) is 0 Å². The third-order valence-corrected chi connectivity index (χ3v) is 3.64. The third kappa shape index (κ3) is 3.07. The Kier molecular flexibility index (Phi) is 3.66. The zero-order valence-corrected chi connectivity index (χ0v) is 13.4. The second-order valence-corrected chi connectivity index (χ2v) is 5.53. The molecule has 4 aromatic rings. The lowest BCUT2D eigenvalue weighted by molar-refractivity contribution is 1.04. The number of fused-ring (bicyclic) bond motifs is 2. The molecule has 2 heterocycles. The lowest BCUT2D eigenvalue weighted by Crippen LogP contribution is -2.10. The number of hydrazone groups is 1. The molecule has 4 rings (SSSR count). The van der Waals surface area contributed by atoms with Gasteiger partial charge in [-0.25, -0.2) is 20.4 Å². The van der Waals surface area contributed by atoms with Crippen LogP contribution in [0.1, 0.15) is 11.3 Å². The first-order valence-electron chi connectivity index (χ1n) is 7.71. The summed E-state index contributed by atoms with van der Waals surface area (Å²) in [6.07, 6.45) is 1.63. The van der Waals surface area contributed by atoms with E-state index in [4.69, 9.17) is 0 Å². The van der Waals surface area contributed by atoms with Crippen LogP contribution in [0.4, 0.5) is 5.95 Å². The van der Waals surface area contributed by atoms with E-state index >= 15 is 0 Å². The monoisotopic (exact) mass is 330 g/mol. The van der Waals surface area contributed by atoms with Crippen molar-refractivity contribution in [2.24, 2.45) is 5.10 Å². The van der Waals surface area contributed by atoms with Gasteiger partial charge in [-0.15, -0.1) is 0 Å². The van der Waals surface area contributed by atoms with Gasteiger partial charge in [0.1, 0.15) is 0 Å². The summed E-state index contributed by atoms with van der Waals surface area (Å²) in [7, 11) is 0. The van der Waals surface area contributed by atoms with Crippen LogP contribution >= 0.6 is 0 Å². The van der Waals surface area contributed by atoms with Gasteiger partial charge < -0.3 is 0 Å². The van der Waals surface area contributed by atoms with E-state index in [-0.39, 0.29) is 11.5 Å². The number of aromatic nitrogens is 4. The van der Waals surface area contributed by atoms with E-state index < -0.39 is 0 Å². The molecule has 0 aliphatic heterocycles. The molecule has 0 fully saturated rings. The normalized spacial score (nSPS) is 11.4. The molecule has 2 aromatic carbocycles. The van der Waals surface area contributed by atoms with Crippen molar-refractivity contribution in [3.8, 4) is 0 Å². The van der Waals surface area contributed by atoms with E-state index in [9.17, 15) is 4.79 Å². The van der Waals surface area contributed by atoms with E-state index in [1.165, 1.54) is 6.07 Å². The van der Waals surface area contributed by atoms with Gasteiger partial charge in [-0.2, -0.15) is 5.10 Å². The molecule has 0 saturated heterocycles. The smallest absolute Gasteiger partial charge is 0.252 e. The first-order valence-corrected chi connectivity index (χ1v) is 7.71. The minimum Gasteiger partial charge on any atom is -0.291 e. The van der Waals surface area contributed by atoms with Gasteiger partial charge in [0, 0.05) is 17.3 Å². The van der Waals surface area contributed by atoms with E-state index in [0.29, 0.717) is 5.69 Å². The van der Waals surface area contributed by atoms with Gasteiger partial charge in [-0.05, 0) is 25.1 Å². The first kappa shape index (κ1) is 14.9. The minimum absolute atomic E-state index is 0.229. The number of anilines is 1. The Morgan fingerprint density at radius 3 is 2.56 bits per heavy atom. The van der Waals surface area contributed by atoms with Crippen LogP contribution in [0, 0.1) is 6.92 Å². The third-order valence-electron chi connectivity index (χ3n) is 3.64. The molecule has 2 N–H and O–H groups in total. The Labute approximate surface area is 142 Å². The highest BCUT2D eigenvalue weighted by atomic mass is 16.1. The number of para-hydroxylation sites is 3. The number of nitrogens with one attached hydrogen (secondary N) is 2. The molecule has 0 spiro atoms. The summed E-state index contributed by atoms with van der Waals surface area (Å²) < 4.78 is 0. The number of aromatic amines is 1. The Morgan fingerprint density at radius 2 is 1.76 bits per heavy atom. The number of H-pyrrole nitrogens is 1. The predicted octanol–water partition coefficient (Wildman–Crippen LogP) is 2.62. The van der Waals surface area contributed by atoms with Crippen molar-refractivity contribution in [2.45, 2.75) is 6.92 Å². The molecule has 0 bridgehead atoms. The summed E-state index contributed by atoms with van der Waals surface area (Å²) in [6.45, 7) is 1.75. The quantitative estimate of drug-likeness (QED) is 0.342. The maximum atomic E-state index is 11.4. The molecule has 25 heavy (non-hydrogen) atoms. The van der Waals surface area contributed by atoms with Gasteiger partial charge in [0.2, 0.25) is 5.95 Å². The second-order valence-electron chi connectivity index (χ2n) is 5.53. The molecule has 2 aromatic heterocycles. The fraction of sp³-hybridized carbons (Fsp3) is 0.0556. The summed E-state index contributed by atoms with van der Waals surface area (Å²) in [6, 6.07) is 14.9. The number of benzene rings is 2. The van der Waals surface area contributed by atoms with Crippen molar-refractivity contribution in [3.63, 3.8) is 0 Å². The second kappa shape index (κ2) is 6.12. The van der Waals surface area contributed by atoms with E-state index in [2.05, 4.69) is 30.5 Å². The lowest BCUT2D eigenvalue weighted by atomic mass is 10.2. The van der Waals surface area contributed by atoms with E-state index in [0.717, 1.165) is 27.6 Å². The Morgan fingerprint density at radius 1 is 1.00 bits per heavy atom. The summed E-state index contributed by atoms with van der Waals surface area (Å²) in [5.41, 5.74) is 7.17. The van der Waals surface area contributed by atoms with Crippen molar-refractivity contribution in [3.05, 3.63) is 70.1 Å². The topological polar surface area (TPSA) is 95.9 Å². The molecule has 0 aliphatic rings. The molecule has 7 heteroatoms. The molecule has 0 atom stereocenters. The highest BCUT2D eigenvalue weighted by Crippen LogP contribution is 2.18. The van der Waals surface area contributed by atoms with Crippen molar-refractivity contribution in [1.82, 2.24) is 19.9 Å². The van der Waals surface area contributed by atoms with E-state index in [1.54, 1.807) is 13.1 Å². The van der Waals surface area contributed by atoms with Gasteiger partial charge in [0.05, 0.1) is 28.3 Å². The maximum absolute atomic E-state index is 11.4. The number of aryl methyl sites for hydroxylation is 1. The fourth-order valence-corrected chi connectivity index (χ4v) is 2.56. The molecular formula is C18H14N6O. The summed E-state index contributed by atoms with van der Waals surface area (Å²) in [5, 5.41) is 4.15. The van der Waals surface area contributed by atoms with Crippen LogP contribution in [-0.4, -0.2) is 26.2 Å². The predicted molar refractivity (Wildman–Crippen MR) is 97.9 cm³/mol. The van der Waals surface area contributed by atoms with Crippen LogP contribution in [0.15, 0.2) is 58.4 Å². The molecule has 0 aliphatic carbocycles. The molecular weight excluding hydrogens is 316 g/mol. The Bertz CT molecular complexity index is 1160. The number of hydrogen-bond donors (Lipinski definition) is 2. The van der Waals surface area contributed by atoms with Gasteiger partial charge >= 0.3 is 0 Å². The largest absolute Gasteiger partial charge is 0.291 e. The molecule has 0 radical (unpaired) electrons. The number of hydrogen-bond acceptors (Lipinski definition) is 6. The highest BCUT2D eigenvalue weighted by molar-refractivity contribution is 5.98. The van der Waals surface area contributed by atoms with Crippen molar-refractivity contribution >= 4 is 34.2 Å². The van der Waals surface area contributed by atoms with Gasteiger partial charge in [0.25, 0.3) is 5.56 Å². The van der Waals surface area contributed by atoms with Crippen LogP contribution in [0.3, 0.4) is 0 Å². The van der Waals surface area contributed by atoms with E-state index in [1.807, 2.05) is 42.5 Å². The summed E-state index contributed by atoms with van der Waals surface area (Å²) in [4.78, 5) is 27.5. The summed E-state index contributed by atoms with van der Waals surface area (Å²) >= 11 is 0. The average Bonchev–Trinajstić information content (AvgIpc) is 2.59. The Hall–Kier alpha value is -3.61. The maximum Gasteiger partial charge on any atom is 0.252 e. The van der Waals surface area contributed by atoms with Gasteiger partial charge in [0.15, 0.2) is 0 Å². The van der Waals surface area contributed by atoms with Crippen LogP contribution in [0.2, 0.25) is 0 Å². The van der Waals surface area contributed by atoms with Crippen LogP contribution < -0.4 is 11.0 Å². The van der Waals surface area contributed by atoms with Gasteiger partial charge in [-0.1, -0.05) is 24.3 Å². The van der Waals surface area contributed by atoms with Crippen molar-refractivity contribution in [1.29, 1.82) is 0 Å². The molecule has 122 valence electrons. The standard InChI is InChI=1S/C18H14N6O/c1-11-9-16(25)23-18(20-11)24-19-10-12-5-4-8-15-17(12)22-14-7-3-2-6-13(14)21-15/h2-10H,1H3,(H2,20,23,24,25).